The maximum absolute atomic E-state index is 13.8. The summed E-state index contributed by atoms with van der Waals surface area (Å²) in [5.41, 5.74) is 1.20. The highest BCUT2D eigenvalue weighted by molar-refractivity contribution is 6.30. The molecule has 2 aliphatic rings. The number of hydrogen-bond acceptors (Lipinski definition) is 6. The van der Waals surface area contributed by atoms with Gasteiger partial charge in [-0.2, -0.15) is 13.2 Å². The Morgan fingerprint density at radius 3 is 2.74 bits per heavy atom. The zero-order valence-electron chi connectivity index (χ0n) is 21.0. The van der Waals surface area contributed by atoms with Crippen LogP contribution in [0.1, 0.15) is 43.4 Å². The Labute approximate surface area is 223 Å². The molecule has 2 aliphatic heterocycles. The van der Waals surface area contributed by atoms with Gasteiger partial charge in [-0.3, -0.25) is 4.79 Å². The highest BCUT2D eigenvalue weighted by atomic mass is 35.5. The second-order valence-electron chi connectivity index (χ2n) is 9.93. The molecule has 3 atom stereocenters. The van der Waals surface area contributed by atoms with E-state index < -0.39 is 17.8 Å². The molecule has 0 aliphatic carbocycles. The van der Waals surface area contributed by atoms with Crippen LogP contribution in [0.3, 0.4) is 0 Å². The highest BCUT2D eigenvalue weighted by Crippen LogP contribution is 2.38. The summed E-state index contributed by atoms with van der Waals surface area (Å²) in [6, 6.07) is 7.92. The number of rotatable bonds is 5. The van der Waals surface area contributed by atoms with Crippen LogP contribution >= 0.6 is 11.6 Å². The fraction of sp³-hybridized carbons (Fsp3) is 0.500. The first-order valence-corrected chi connectivity index (χ1v) is 13.2. The van der Waals surface area contributed by atoms with E-state index in [1.807, 2.05) is 12.1 Å². The molecule has 3 heterocycles. The van der Waals surface area contributed by atoms with Gasteiger partial charge in [0.05, 0.1) is 35.8 Å². The lowest BCUT2D eigenvalue weighted by Crippen LogP contribution is -2.60. The van der Waals surface area contributed by atoms with Gasteiger partial charge in [-0.15, -0.1) is 5.10 Å². The summed E-state index contributed by atoms with van der Waals surface area (Å²) in [5, 5.41) is 21.7. The molecule has 3 aromatic rings. The minimum absolute atomic E-state index is 0.00865. The van der Waals surface area contributed by atoms with E-state index in [1.54, 1.807) is 17.9 Å². The Kier molecular flexibility index (Phi) is 7.52. The number of halogens is 4. The van der Waals surface area contributed by atoms with E-state index in [1.165, 1.54) is 16.8 Å². The topological polar surface area (TPSA) is 86.5 Å². The van der Waals surface area contributed by atoms with E-state index in [0.717, 1.165) is 37.6 Å². The molecule has 5 rings (SSSR count). The van der Waals surface area contributed by atoms with Crippen LogP contribution in [0.15, 0.2) is 36.4 Å². The third kappa shape index (κ3) is 5.19. The maximum atomic E-state index is 13.8. The number of amides is 1. The summed E-state index contributed by atoms with van der Waals surface area (Å²) in [6.07, 6.45) is -1.71. The molecule has 2 saturated heterocycles. The van der Waals surface area contributed by atoms with Crippen LogP contribution in [-0.2, 0) is 11.0 Å². The molecule has 1 amide bonds. The van der Waals surface area contributed by atoms with Crippen molar-refractivity contribution in [3.63, 3.8) is 0 Å². The zero-order chi connectivity index (χ0) is 27.0. The third-order valence-electron chi connectivity index (χ3n) is 7.54. The molecular weight excluding hydrogens is 521 g/mol. The van der Waals surface area contributed by atoms with Crippen molar-refractivity contribution in [3.05, 3.63) is 52.5 Å². The van der Waals surface area contributed by atoms with Gasteiger partial charge in [-0.05, 0) is 62.2 Å². The fourth-order valence-electron chi connectivity index (χ4n) is 5.48. The first-order chi connectivity index (χ1) is 18.2. The first kappa shape index (κ1) is 26.7. The molecule has 38 heavy (non-hydrogen) atoms. The number of benzene rings is 2. The SMILES string of the molecule is C[C@H](c1ccc(Cl)cc1C(F)(F)F)n1nnc2ccc(N3CCN(C(=O)[C@H]4CCCCN4)[C@H](CO)C3)cc21. The predicted molar refractivity (Wildman–Crippen MR) is 138 cm³/mol. The van der Waals surface area contributed by atoms with Crippen LogP contribution in [0.5, 0.6) is 0 Å². The Balaban J connectivity index is 1.40. The monoisotopic (exact) mass is 550 g/mol. The zero-order valence-corrected chi connectivity index (χ0v) is 21.7. The number of hydrogen-bond donors (Lipinski definition) is 2. The molecule has 0 radical (unpaired) electrons. The van der Waals surface area contributed by atoms with Crippen LogP contribution in [0.4, 0.5) is 18.9 Å². The Bertz CT molecular complexity index is 1310. The lowest BCUT2D eigenvalue weighted by Gasteiger charge is -2.43. The van der Waals surface area contributed by atoms with Gasteiger partial charge in [-0.25, -0.2) is 4.68 Å². The van der Waals surface area contributed by atoms with Crippen LogP contribution in [0.25, 0.3) is 11.0 Å². The molecule has 2 fully saturated rings. The molecule has 0 unspecified atom stereocenters. The van der Waals surface area contributed by atoms with Crippen LogP contribution < -0.4 is 10.2 Å². The summed E-state index contributed by atoms with van der Waals surface area (Å²) >= 11 is 5.87. The second-order valence-corrected chi connectivity index (χ2v) is 10.4. The molecule has 2 aromatic carbocycles. The number of alkyl halides is 3. The molecule has 204 valence electrons. The van der Waals surface area contributed by atoms with Gasteiger partial charge < -0.3 is 20.2 Å². The fourth-order valence-corrected chi connectivity index (χ4v) is 5.65. The molecule has 0 saturated carbocycles. The number of fused-ring (bicyclic) bond motifs is 1. The molecule has 1 aromatic heterocycles. The van der Waals surface area contributed by atoms with Crippen LogP contribution in [0.2, 0.25) is 5.02 Å². The molecule has 2 N–H and O–H groups in total. The number of nitrogens with zero attached hydrogens (tertiary/aromatic N) is 5. The molecule has 0 bridgehead atoms. The number of piperidine rings is 1. The Morgan fingerprint density at radius 1 is 1.21 bits per heavy atom. The largest absolute Gasteiger partial charge is 0.416 e. The number of aliphatic hydroxyl groups is 1. The van der Waals surface area contributed by atoms with Crippen molar-refractivity contribution in [2.24, 2.45) is 0 Å². The van der Waals surface area contributed by atoms with Gasteiger partial charge in [0.25, 0.3) is 0 Å². The maximum Gasteiger partial charge on any atom is 0.416 e. The van der Waals surface area contributed by atoms with Crippen molar-refractivity contribution in [1.29, 1.82) is 0 Å². The number of nitrogens with one attached hydrogen (secondary N) is 1. The van der Waals surface area contributed by atoms with Gasteiger partial charge in [0, 0.05) is 30.3 Å². The number of aliphatic hydroxyl groups excluding tert-OH is 1. The average Bonchev–Trinajstić information content (AvgIpc) is 3.35. The minimum Gasteiger partial charge on any atom is -0.394 e. The van der Waals surface area contributed by atoms with Crippen LogP contribution in [0, 0.1) is 0 Å². The molecule has 0 spiro atoms. The predicted octanol–water partition coefficient (Wildman–Crippen LogP) is 3.86. The average molecular weight is 551 g/mol. The number of anilines is 1. The van der Waals surface area contributed by atoms with Crippen molar-refractivity contribution in [2.75, 3.05) is 37.7 Å². The summed E-state index contributed by atoms with van der Waals surface area (Å²) in [4.78, 5) is 16.9. The van der Waals surface area contributed by atoms with Crippen molar-refractivity contribution in [2.45, 2.75) is 50.5 Å². The molecular formula is C26H30ClF3N6O2. The summed E-state index contributed by atoms with van der Waals surface area (Å²) in [6.45, 7) is 3.77. The normalized spacial score (nSPS) is 21.6. The van der Waals surface area contributed by atoms with E-state index in [4.69, 9.17) is 11.6 Å². The standard InChI is InChI=1S/C26H30ClF3N6O2/c1-16(20-7-5-17(27)12-21(20)26(28,29)30)36-24-13-18(6-8-22(24)32-33-36)34-10-11-35(19(14-34)15-37)25(38)23-4-2-3-9-31-23/h5-8,12-13,16,19,23,31,37H,2-4,9-11,14-15H2,1H3/t16-,19+,23-/m1/s1. The van der Waals surface area contributed by atoms with Crippen LogP contribution in [-0.4, -0.2) is 75.8 Å². The Hall–Kier alpha value is -2.89. The summed E-state index contributed by atoms with van der Waals surface area (Å²) < 4.78 is 42.8. The summed E-state index contributed by atoms with van der Waals surface area (Å²) in [7, 11) is 0. The van der Waals surface area contributed by atoms with Gasteiger partial charge in [0.1, 0.15) is 5.52 Å². The van der Waals surface area contributed by atoms with Gasteiger partial charge in [0.15, 0.2) is 0 Å². The number of carbonyl (C=O) groups is 1. The lowest BCUT2D eigenvalue weighted by molar-refractivity contribution is -0.139. The van der Waals surface area contributed by atoms with Crippen molar-refractivity contribution < 1.29 is 23.1 Å². The van der Waals surface area contributed by atoms with E-state index in [-0.39, 0.29) is 35.2 Å². The number of carbonyl (C=O) groups excluding carboxylic acids is 1. The van der Waals surface area contributed by atoms with Crippen molar-refractivity contribution in [3.8, 4) is 0 Å². The van der Waals surface area contributed by atoms with Gasteiger partial charge in [-0.1, -0.05) is 29.3 Å². The molecule has 12 heteroatoms. The first-order valence-electron chi connectivity index (χ1n) is 12.8. The number of piperazine rings is 1. The molecule has 8 nitrogen and oxygen atoms in total. The van der Waals surface area contributed by atoms with Gasteiger partial charge in [0.2, 0.25) is 5.91 Å². The van der Waals surface area contributed by atoms with E-state index in [9.17, 15) is 23.1 Å². The smallest absolute Gasteiger partial charge is 0.394 e. The quantitative estimate of drug-likeness (QED) is 0.502. The lowest BCUT2D eigenvalue weighted by atomic mass is 10.0. The van der Waals surface area contributed by atoms with Crippen molar-refractivity contribution >= 4 is 34.2 Å². The number of aromatic nitrogens is 3. The van der Waals surface area contributed by atoms with E-state index in [0.29, 0.717) is 30.7 Å². The van der Waals surface area contributed by atoms with Crippen molar-refractivity contribution in [1.82, 2.24) is 25.2 Å². The van der Waals surface area contributed by atoms with Gasteiger partial charge >= 0.3 is 6.18 Å². The minimum atomic E-state index is -4.57. The second kappa shape index (κ2) is 10.7. The Morgan fingerprint density at radius 2 is 2.03 bits per heavy atom. The third-order valence-corrected chi connectivity index (χ3v) is 7.78. The van der Waals surface area contributed by atoms with E-state index in [2.05, 4.69) is 20.5 Å². The summed E-state index contributed by atoms with van der Waals surface area (Å²) in [5.74, 6) is 0.0263. The highest BCUT2D eigenvalue weighted by Gasteiger charge is 2.36. The van der Waals surface area contributed by atoms with E-state index >= 15 is 0 Å².